The molecule has 1 fully saturated rings. The van der Waals surface area contributed by atoms with Gasteiger partial charge in [0.1, 0.15) is 17.4 Å². The minimum atomic E-state index is -0.962. The summed E-state index contributed by atoms with van der Waals surface area (Å²) < 4.78 is 33.8. The van der Waals surface area contributed by atoms with Crippen LogP contribution in [0.2, 0.25) is 0 Å². The maximum atomic E-state index is 13.5. The predicted octanol–water partition coefficient (Wildman–Crippen LogP) is 3.35. The predicted molar refractivity (Wildman–Crippen MR) is 123 cm³/mol. The maximum Gasteiger partial charge on any atom is 0.263 e. The Morgan fingerprint density at radius 1 is 1.09 bits per heavy atom. The average molecular weight is 464 g/mol. The Morgan fingerprint density at radius 2 is 1.82 bits per heavy atom. The highest BCUT2D eigenvalue weighted by Gasteiger charge is 2.25. The third kappa shape index (κ3) is 4.48. The van der Waals surface area contributed by atoms with E-state index in [0.29, 0.717) is 42.6 Å². The van der Waals surface area contributed by atoms with Crippen LogP contribution in [0.1, 0.15) is 28.8 Å². The molecule has 174 valence electrons. The molecule has 0 spiro atoms. The highest BCUT2D eigenvalue weighted by molar-refractivity contribution is 6.01. The summed E-state index contributed by atoms with van der Waals surface area (Å²) in [5, 5.41) is 9.41. The van der Waals surface area contributed by atoms with Crippen LogP contribution in [0.3, 0.4) is 0 Å². The molecule has 0 atom stereocenters. The normalized spacial score (nSPS) is 14.0. The van der Waals surface area contributed by atoms with Crippen LogP contribution in [-0.2, 0) is 7.05 Å². The van der Waals surface area contributed by atoms with E-state index in [4.69, 9.17) is 10.5 Å². The van der Waals surface area contributed by atoms with Crippen molar-refractivity contribution in [1.82, 2.24) is 4.57 Å². The van der Waals surface area contributed by atoms with Crippen LogP contribution in [-0.4, -0.2) is 29.7 Å². The van der Waals surface area contributed by atoms with Gasteiger partial charge in [-0.25, -0.2) is 8.78 Å². The van der Waals surface area contributed by atoms with Crippen molar-refractivity contribution in [3.63, 3.8) is 0 Å². The Balaban J connectivity index is 1.63. The molecule has 2 N–H and O–H groups in total. The largest absolute Gasteiger partial charge is 0.490 e. The third-order valence-corrected chi connectivity index (χ3v) is 5.91. The van der Waals surface area contributed by atoms with Crippen molar-refractivity contribution in [2.45, 2.75) is 18.9 Å². The van der Waals surface area contributed by atoms with Crippen LogP contribution in [0.4, 0.5) is 14.5 Å². The van der Waals surface area contributed by atoms with Gasteiger partial charge in [0, 0.05) is 62.1 Å². The zero-order valence-corrected chi connectivity index (χ0v) is 18.4. The first kappa shape index (κ1) is 23.0. The quantitative estimate of drug-likeness (QED) is 0.624. The molecule has 2 heterocycles. The van der Waals surface area contributed by atoms with E-state index in [0.717, 1.165) is 17.8 Å². The number of piperidine rings is 1. The molecule has 2 aromatic carbocycles. The van der Waals surface area contributed by atoms with Crippen molar-refractivity contribution in [3.05, 3.63) is 81.8 Å². The molecule has 9 heteroatoms. The van der Waals surface area contributed by atoms with E-state index in [2.05, 4.69) is 11.0 Å². The molecular weight excluding hydrogens is 442 g/mol. The minimum absolute atomic E-state index is 0.141. The SMILES string of the molecule is Cn1ccc(-c2cc(C#N)ccc2N2CCC(Oc3ccc(F)c(F)c3)CC2)c(C(N)=O)c1=O. The minimum Gasteiger partial charge on any atom is -0.490 e. The monoisotopic (exact) mass is 464 g/mol. The molecule has 0 aliphatic carbocycles. The van der Waals surface area contributed by atoms with E-state index in [1.807, 2.05) is 0 Å². The number of primary amides is 1. The highest BCUT2D eigenvalue weighted by atomic mass is 19.2. The highest BCUT2D eigenvalue weighted by Crippen LogP contribution is 2.35. The van der Waals surface area contributed by atoms with Gasteiger partial charge in [-0.15, -0.1) is 0 Å². The smallest absolute Gasteiger partial charge is 0.263 e. The standard InChI is InChI=1S/C25H22F2N4O3/c1-30-9-8-18(23(24(29)32)25(30)33)19-12-15(14-28)2-5-22(19)31-10-6-16(7-11-31)34-17-3-4-20(26)21(27)13-17/h2-5,8-9,12-13,16H,6-7,10-11H2,1H3,(H2,29,32). The van der Waals surface area contributed by atoms with Crippen molar-refractivity contribution < 1.29 is 18.3 Å². The van der Waals surface area contributed by atoms with E-state index in [1.165, 1.54) is 17.7 Å². The number of hydrogen-bond donors (Lipinski definition) is 1. The molecular formula is C25H22F2N4O3. The fraction of sp³-hybridized carbons (Fsp3) is 0.240. The van der Waals surface area contributed by atoms with Gasteiger partial charge in [-0.05, 0) is 36.4 Å². The number of nitrogens with zero attached hydrogens (tertiary/aromatic N) is 3. The first-order valence-corrected chi connectivity index (χ1v) is 10.7. The van der Waals surface area contributed by atoms with E-state index >= 15 is 0 Å². The Bertz CT molecular complexity index is 1360. The number of aromatic nitrogens is 1. The van der Waals surface area contributed by atoms with Gasteiger partial charge >= 0.3 is 0 Å². The maximum absolute atomic E-state index is 13.5. The van der Waals surface area contributed by atoms with Gasteiger partial charge < -0.3 is 19.9 Å². The number of anilines is 1. The van der Waals surface area contributed by atoms with Gasteiger partial charge in [0.05, 0.1) is 11.6 Å². The lowest BCUT2D eigenvalue weighted by atomic mass is 9.95. The second-order valence-corrected chi connectivity index (χ2v) is 8.11. The molecule has 7 nitrogen and oxygen atoms in total. The summed E-state index contributed by atoms with van der Waals surface area (Å²) in [4.78, 5) is 26.8. The topological polar surface area (TPSA) is 101 Å². The molecule has 0 unspecified atom stereocenters. The first-order chi connectivity index (χ1) is 16.3. The summed E-state index contributed by atoms with van der Waals surface area (Å²) >= 11 is 0. The Kier molecular flexibility index (Phi) is 6.32. The van der Waals surface area contributed by atoms with Crippen LogP contribution in [0.25, 0.3) is 11.1 Å². The number of carbonyl (C=O) groups excluding carboxylic acids is 1. The summed E-state index contributed by atoms with van der Waals surface area (Å²) in [6, 6.07) is 12.3. The molecule has 0 saturated carbocycles. The number of rotatable bonds is 5. The van der Waals surface area contributed by atoms with Gasteiger partial charge in [0.25, 0.3) is 11.5 Å². The molecule has 3 aromatic rings. The van der Waals surface area contributed by atoms with E-state index in [1.54, 1.807) is 30.5 Å². The summed E-state index contributed by atoms with van der Waals surface area (Å²) in [7, 11) is 1.53. The Hall–Kier alpha value is -4.19. The van der Waals surface area contributed by atoms with Crippen LogP contribution < -0.4 is 20.9 Å². The van der Waals surface area contributed by atoms with Gasteiger partial charge in [0.15, 0.2) is 11.6 Å². The Morgan fingerprint density at radius 3 is 2.47 bits per heavy atom. The van der Waals surface area contributed by atoms with Crippen LogP contribution in [0.5, 0.6) is 5.75 Å². The lowest BCUT2D eigenvalue weighted by molar-refractivity contribution is 0.0999. The molecule has 1 aliphatic rings. The Labute approximate surface area is 194 Å². The first-order valence-electron chi connectivity index (χ1n) is 10.7. The number of aryl methyl sites for hydroxylation is 1. The summed E-state index contributed by atoms with van der Waals surface area (Å²) in [5.41, 5.74) is 6.93. The zero-order chi connectivity index (χ0) is 24.4. The van der Waals surface area contributed by atoms with Gasteiger partial charge in [-0.1, -0.05) is 0 Å². The van der Waals surface area contributed by atoms with Crippen molar-refractivity contribution in [3.8, 4) is 22.9 Å². The van der Waals surface area contributed by atoms with Crippen LogP contribution in [0, 0.1) is 23.0 Å². The van der Waals surface area contributed by atoms with Crippen LogP contribution in [0.15, 0.2) is 53.5 Å². The van der Waals surface area contributed by atoms with Gasteiger partial charge in [-0.3, -0.25) is 9.59 Å². The number of amides is 1. The molecule has 1 saturated heterocycles. The van der Waals surface area contributed by atoms with Crippen molar-refractivity contribution >= 4 is 11.6 Å². The number of halogens is 2. The van der Waals surface area contributed by atoms with Gasteiger partial charge in [0.2, 0.25) is 0 Å². The molecule has 34 heavy (non-hydrogen) atoms. The van der Waals surface area contributed by atoms with E-state index in [-0.39, 0.29) is 17.4 Å². The number of benzene rings is 2. The second-order valence-electron chi connectivity index (χ2n) is 8.11. The molecule has 4 rings (SSSR count). The lowest BCUT2D eigenvalue weighted by Gasteiger charge is -2.35. The van der Waals surface area contributed by atoms with Crippen molar-refractivity contribution in [1.29, 1.82) is 5.26 Å². The molecule has 0 bridgehead atoms. The van der Waals surface area contributed by atoms with Crippen molar-refractivity contribution in [2.24, 2.45) is 12.8 Å². The van der Waals surface area contributed by atoms with E-state index in [9.17, 15) is 23.6 Å². The number of pyridine rings is 1. The molecule has 0 radical (unpaired) electrons. The number of nitrogens with two attached hydrogens (primary N) is 1. The van der Waals surface area contributed by atoms with Gasteiger partial charge in [-0.2, -0.15) is 5.26 Å². The summed E-state index contributed by atoms with van der Waals surface area (Å²) in [6.07, 6.45) is 2.58. The number of carbonyl (C=O) groups is 1. The fourth-order valence-corrected chi connectivity index (χ4v) is 4.15. The molecule has 1 aromatic heterocycles. The lowest BCUT2D eigenvalue weighted by Crippen LogP contribution is -2.38. The zero-order valence-electron chi connectivity index (χ0n) is 18.4. The molecule has 1 amide bonds. The molecule has 1 aliphatic heterocycles. The van der Waals surface area contributed by atoms with E-state index < -0.39 is 23.1 Å². The fourth-order valence-electron chi connectivity index (χ4n) is 4.15. The third-order valence-electron chi connectivity index (χ3n) is 5.91. The second kappa shape index (κ2) is 9.35. The van der Waals surface area contributed by atoms with Crippen LogP contribution >= 0.6 is 0 Å². The number of nitriles is 1. The van der Waals surface area contributed by atoms with Crippen molar-refractivity contribution in [2.75, 3.05) is 18.0 Å². The summed E-state index contributed by atoms with van der Waals surface area (Å²) in [5.74, 6) is -2.47. The number of hydrogen-bond acceptors (Lipinski definition) is 5. The average Bonchev–Trinajstić information content (AvgIpc) is 2.83. The number of ether oxygens (including phenoxy) is 1. The summed E-state index contributed by atoms with van der Waals surface area (Å²) in [6.45, 7) is 1.15.